The third kappa shape index (κ3) is 3.68. The predicted molar refractivity (Wildman–Crippen MR) is 75.4 cm³/mol. The van der Waals surface area contributed by atoms with Gasteiger partial charge < -0.3 is 9.42 Å². The Kier molecular flexibility index (Phi) is 4.39. The van der Waals surface area contributed by atoms with E-state index in [2.05, 4.69) is 15.1 Å². The molecule has 1 heterocycles. The lowest BCUT2D eigenvalue weighted by Crippen LogP contribution is -2.07. The molecule has 19 heavy (non-hydrogen) atoms. The first-order valence-electron chi connectivity index (χ1n) is 5.52. The minimum atomic E-state index is 0.270. The van der Waals surface area contributed by atoms with Gasteiger partial charge >= 0.3 is 0 Å². The van der Waals surface area contributed by atoms with Crippen LogP contribution in [-0.2, 0) is 6.42 Å². The van der Waals surface area contributed by atoms with Gasteiger partial charge in [-0.15, -0.1) is 0 Å². The van der Waals surface area contributed by atoms with Gasteiger partial charge in [0.15, 0.2) is 0 Å². The molecule has 0 unspecified atom stereocenters. The van der Waals surface area contributed by atoms with Gasteiger partial charge in [0.2, 0.25) is 5.89 Å². The number of aromatic nitrogens is 2. The predicted octanol–water partition coefficient (Wildman–Crippen LogP) is 3.19. The van der Waals surface area contributed by atoms with Crippen LogP contribution in [0.4, 0.5) is 5.95 Å². The van der Waals surface area contributed by atoms with Crippen LogP contribution in [0.2, 0.25) is 10.0 Å². The number of halogens is 2. The van der Waals surface area contributed by atoms with E-state index in [9.17, 15) is 0 Å². The molecule has 5 nitrogen and oxygen atoms in total. The number of hydrogen-bond donors (Lipinski definition) is 0. The second-order valence-electron chi connectivity index (χ2n) is 4.07. The molecule has 0 saturated carbocycles. The fourth-order valence-corrected chi connectivity index (χ4v) is 1.92. The van der Waals surface area contributed by atoms with E-state index in [-0.39, 0.29) is 5.95 Å². The summed E-state index contributed by atoms with van der Waals surface area (Å²) in [7, 11) is 3.71. The smallest absolute Gasteiger partial charge is 0.291 e. The molecule has 0 N–H and O–H groups in total. The van der Waals surface area contributed by atoms with E-state index >= 15 is 0 Å². The normalized spacial score (nSPS) is 11.2. The highest BCUT2D eigenvalue weighted by Gasteiger charge is 2.11. The minimum absolute atomic E-state index is 0.270. The van der Waals surface area contributed by atoms with Crippen LogP contribution in [0.1, 0.15) is 11.5 Å². The maximum absolute atomic E-state index is 6.08. The van der Waals surface area contributed by atoms with Crippen molar-refractivity contribution in [1.82, 2.24) is 15.0 Å². The highest BCUT2D eigenvalue weighted by molar-refractivity contribution is 6.36. The Bertz CT molecular complexity index is 575. The average molecular weight is 299 g/mol. The molecule has 2 aromatic rings. The monoisotopic (exact) mass is 298 g/mol. The zero-order chi connectivity index (χ0) is 13.8. The topological polar surface area (TPSA) is 54.5 Å². The van der Waals surface area contributed by atoms with Gasteiger partial charge in [0.1, 0.15) is 0 Å². The lowest BCUT2D eigenvalue weighted by Gasteiger charge is -2.02. The molecule has 0 saturated heterocycles. The van der Waals surface area contributed by atoms with Crippen molar-refractivity contribution in [1.29, 1.82) is 0 Å². The Hall–Kier alpha value is -1.59. The van der Waals surface area contributed by atoms with Crippen LogP contribution in [0.3, 0.4) is 0 Å². The molecule has 0 atom stereocenters. The number of hydrogen-bond acceptors (Lipinski definition) is 4. The van der Waals surface area contributed by atoms with Gasteiger partial charge in [-0.1, -0.05) is 29.3 Å². The molecule has 0 aliphatic heterocycles. The highest BCUT2D eigenvalue weighted by atomic mass is 35.5. The highest BCUT2D eigenvalue weighted by Crippen LogP contribution is 2.26. The average Bonchev–Trinajstić information content (AvgIpc) is 2.79. The second kappa shape index (κ2) is 6.04. The summed E-state index contributed by atoms with van der Waals surface area (Å²) < 4.78 is 5.10. The van der Waals surface area contributed by atoms with Gasteiger partial charge in [0.05, 0.1) is 12.8 Å². The molecule has 0 spiro atoms. The largest absolute Gasteiger partial charge is 0.369 e. The van der Waals surface area contributed by atoms with Crippen molar-refractivity contribution < 1.29 is 4.52 Å². The molecule has 100 valence electrons. The molecule has 1 aromatic carbocycles. The fourth-order valence-electron chi connectivity index (χ4n) is 1.39. The summed E-state index contributed by atoms with van der Waals surface area (Å²) in [6, 6.07) is 5.32. The van der Waals surface area contributed by atoms with Gasteiger partial charge in [-0.3, -0.25) is 0 Å². The van der Waals surface area contributed by atoms with Crippen LogP contribution in [0, 0.1) is 0 Å². The van der Waals surface area contributed by atoms with Gasteiger partial charge in [0, 0.05) is 24.1 Å². The maximum Gasteiger partial charge on any atom is 0.291 e. The van der Waals surface area contributed by atoms with Crippen molar-refractivity contribution in [2.45, 2.75) is 6.42 Å². The zero-order valence-corrected chi connectivity index (χ0v) is 12.0. The third-order valence-electron chi connectivity index (χ3n) is 2.25. The van der Waals surface area contributed by atoms with Crippen LogP contribution in [-0.4, -0.2) is 35.5 Å². The lowest BCUT2D eigenvalue weighted by molar-refractivity contribution is 0.385. The summed E-state index contributed by atoms with van der Waals surface area (Å²) in [6.07, 6.45) is 1.97. The summed E-state index contributed by atoms with van der Waals surface area (Å²) >= 11 is 12.2. The Morgan fingerprint density at radius 3 is 2.63 bits per heavy atom. The first kappa shape index (κ1) is 13.8. The molecular formula is C12H12Cl2N4O. The molecule has 0 bridgehead atoms. The molecule has 2 rings (SSSR count). The van der Waals surface area contributed by atoms with Crippen molar-refractivity contribution in [3.63, 3.8) is 0 Å². The number of benzene rings is 1. The molecule has 7 heteroatoms. The summed E-state index contributed by atoms with van der Waals surface area (Å²) in [5.41, 5.74) is 0.762. The third-order valence-corrected chi connectivity index (χ3v) is 2.96. The Labute approximate surface area is 120 Å². The first-order chi connectivity index (χ1) is 9.06. The van der Waals surface area contributed by atoms with Crippen LogP contribution >= 0.6 is 23.2 Å². The second-order valence-corrected chi connectivity index (χ2v) is 4.89. The van der Waals surface area contributed by atoms with Crippen LogP contribution < -0.4 is 0 Å². The molecule has 0 aliphatic carbocycles. The van der Waals surface area contributed by atoms with Crippen molar-refractivity contribution in [2.75, 3.05) is 14.1 Å². The number of aliphatic imine (C=N–C) groups is 1. The summed E-state index contributed by atoms with van der Waals surface area (Å²) in [5.74, 6) is 0.688. The quantitative estimate of drug-likeness (QED) is 0.642. The van der Waals surface area contributed by atoms with Gasteiger partial charge in [0.25, 0.3) is 5.95 Å². The summed E-state index contributed by atoms with van der Waals surface area (Å²) in [4.78, 5) is 9.95. The molecular weight excluding hydrogens is 287 g/mol. The number of rotatable bonds is 4. The molecule has 0 aliphatic rings. The SMILES string of the molecule is CN(C)/C=N/c1noc(Cc2c(Cl)cccc2Cl)n1. The van der Waals surface area contributed by atoms with E-state index in [0.717, 1.165) is 5.56 Å². The first-order valence-corrected chi connectivity index (χ1v) is 6.28. The van der Waals surface area contributed by atoms with Crippen LogP contribution in [0.25, 0.3) is 0 Å². The van der Waals surface area contributed by atoms with E-state index in [0.29, 0.717) is 22.4 Å². The Balaban J connectivity index is 2.16. The number of nitrogens with zero attached hydrogens (tertiary/aromatic N) is 4. The van der Waals surface area contributed by atoms with Crippen LogP contribution in [0.15, 0.2) is 27.7 Å². The van der Waals surface area contributed by atoms with E-state index < -0.39 is 0 Å². The van der Waals surface area contributed by atoms with Gasteiger partial charge in [-0.05, 0) is 22.9 Å². The van der Waals surface area contributed by atoms with E-state index in [1.54, 1.807) is 29.4 Å². The molecule has 0 fully saturated rings. The molecule has 1 aromatic heterocycles. The molecule has 0 amide bonds. The Morgan fingerprint density at radius 2 is 2.00 bits per heavy atom. The van der Waals surface area contributed by atoms with Crippen LogP contribution in [0.5, 0.6) is 0 Å². The van der Waals surface area contributed by atoms with Gasteiger partial charge in [-0.2, -0.15) is 9.98 Å². The Morgan fingerprint density at radius 1 is 1.32 bits per heavy atom. The van der Waals surface area contributed by atoms with E-state index in [1.165, 1.54) is 0 Å². The zero-order valence-electron chi connectivity index (χ0n) is 10.5. The maximum atomic E-state index is 6.08. The minimum Gasteiger partial charge on any atom is -0.369 e. The van der Waals surface area contributed by atoms with Crippen molar-refractivity contribution in [3.05, 3.63) is 39.7 Å². The summed E-state index contributed by atoms with van der Waals surface area (Å²) in [5, 5.41) is 4.89. The van der Waals surface area contributed by atoms with Crippen molar-refractivity contribution in [2.24, 2.45) is 4.99 Å². The molecule has 0 radical (unpaired) electrons. The standard InChI is InChI=1S/C12H12Cl2N4O/c1-18(2)7-15-12-16-11(19-17-12)6-8-9(13)4-3-5-10(8)14/h3-5,7H,6H2,1-2H3/b15-7+. The van der Waals surface area contributed by atoms with Gasteiger partial charge in [-0.25, -0.2) is 0 Å². The van der Waals surface area contributed by atoms with E-state index in [1.807, 2.05) is 14.1 Å². The van der Waals surface area contributed by atoms with Crippen molar-refractivity contribution >= 4 is 35.5 Å². The summed E-state index contributed by atoms with van der Waals surface area (Å²) in [6.45, 7) is 0. The fraction of sp³-hybridized carbons (Fsp3) is 0.250. The van der Waals surface area contributed by atoms with E-state index in [4.69, 9.17) is 27.7 Å². The lowest BCUT2D eigenvalue weighted by atomic mass is 10.1. The van der Waals surface area contributed by atoms with Crippen molar-refractivity contribution in [3.8, 4) is 0 Å².